The Hall–Kier alpha value is -3.89. The van der Waals surface area contributed by atoms with Gasteiger partial charge in [0.05, 0.1) is 30.0 Å². The smallest absolute Gasteiger partial charge is 0.488 e. The minimum atomic E-state index is -0.667. The summed E-state index contributed by atoms with van der Waals surface area (Å²) in [6.07, 6.45) is 0.900. The number of aliphatic imine (C=N–C) groups is 1. The zero-order chi connectivity index (χ0) is 33.4. The first kappa shape index (κ1) is 31.7. The maximum atomic E-state index is 13.8. The maximum Gasteiger partial charge on any atom is 0.494 e. The third kappa shape index (κ3) is 5.39. The lowest BCUT2D eigenvalue weighted by Crippen LogP contribution is -2.53. The lowest BCUT2D eigenvalue weighted by Gasteiger charge is -2.32. The van der Waals surface area contributed by atoms with Crippen LogP contribution in [0.2, 0.25) is 0 Å². The fourth-order valence-electron chi connectivity index (χ4n) is 7.35. The van der Waals surface area contributed by atoms with E-state index in [0.717, 1.165) is 62.1 Å². The van der Waals surface area contributed by atoms with E-state index < -0.39 is 30.5 Å². The van der Waals surface area contributed by atoms with E-state index in [1.165, 1.54) is 7.11 Å². The number of carbonyl (C=O) groups excluding carboxylic acids is 2. The van der Waals surface area contributed by atoms with E-state index in [2.05, 4.69) is 82.4 Å². The molecule has 7 rings (SSSR count). The molecular weight excluding hydrogens is 593 g/mol. The average molecular weight is 638 g/mol. The first-order valence-corrected chi connectivity index (χ1v) is 16.7. The van der Waals surface area contributed by atoms with Crippen molar-refractivity contribution in [2.45, 2.75) is 91.2 Å². The van der Waals surface area contributed by atoms with Crippen molar-refractivity contribution in [3.63, 3.8) is 0 Å². The number of likely N-dealkylation sites (tertiary alicyclic amines) is 1. The van der Waals surface area contributed by atoms with Crippen LogP contribution in [-0.4, -0.2) is 66.7 Å². The number of carbonyl (C=O) groups is 2. The van der Waals surface area contributed by atoms with Gasteiger partial charge in [-0.15, -0.1) is 0 Å². The lowest BCUT2D eigenvalue weighted by atomic mass is 9.77. The van der Waals surface area contributed by atoms with Crippen LogP contribution in [-0.2, 0) is 31.9 Å². The van der Waals surface area contributed by atoms with E-state index in [1.54, 1.807) is 0 Å². The number of nitrogens with zero attached hydrogens (tertiary/aromatic N) is 2. The molecule has 0 bridgehead atoms. The molecule has 0 aromatic heterocycles. The van der Waals surface area contributed by atoms with Gasteiger partial charge in [0, 0.05) is 24.2 Å². The number of benzene rings is 3. The van der Waals surface area contributed by atoms with E-state index in [9.17, 15) is 9.59 Å². The molecule has 2 amide bonds. The molecular formula is C37H44BN3O6. The zero-order valence-corrected chi connectivity index (χ0v) is 28.6. The van der Waals surface area contributed by atoms with Gasteiger partial charge in [-0.2, -0.15) is 0 Å². The van der Waals surface area contributed by atoms with Crippen LogP contribution in [0.15, 0.2) is 47.5 Å². The van der Waals surface area contributed by atoms with Gasteiger partial charge in [-0.25, -0.2) is 4.79 Å². The molecule has 4 heterocycles. The number of alkyl carbamates (subject to hydrolysis) is 1. The first-order valence-electron chi connectivity index (χ1n) is 16.7. The summed E-state index contributed by atoms with van der Waals surface area (Å²) >= 11 is 0. The molecule has 0 aliphatic carbocycles. The largest absolute Gasteiger partial charge is 0.494 e. The molecule has 47 heavy (non-hydrogen) atoms. The second-order valence-electron chi connectivity index (χ2n) is 14.9. The van der Waals surface area contributed by atoms with E-state index in [1.807, 2.05) is 18.7 Å². The predicted molar refractivity (Wildman–Crippen MR) is 184 cm³/mol. The van der Waals surface area contributed by atoms with E-state index >= 15 is 0 Å². The standard InChI is InChI=1S/C37H44BN3O6/c1-20(2)33(40-35(43)44-8)34(42)41-18-21(3)13-31(41)30-16-27-26-17-32-28(15-22(26)9-12-29(27)39-30)25-11-10-24(14-23(25)19-45-32)38-46-36(4,5)37(6,7)47-38/h9-12,14-15,17,20-21,31,33H,13,16,18-19H2,1-8H3,(H,40,43)/t21-,31?,33-/m0/s1. The third-order valence-electron chi connectivity index (χ3n) is 10.7. The van der Waals surface area contributed by atoms with Gasteiger partial charge >= 0.3 is 13.2 Å². The van der Waals surface area contributed by atoms with Crippen LogP contribution in [0.5, 0.6) is 5.75 Å². The number of nitrogens with one attached hydrogen (secondary N) is 1. The molecule has 3 atom stereocenters. The number of fused-ring (bicyclic) bond motifs is 6. The number of ether oxygens (including phenoxy) is 2. The molecule has 0 spiro atoms. The van der Waals surface area contributed by atoms with Gasteiger partial charge in [0.15, 0.2) is 0 Å². The summed E-state index contributed by atoms with van der Waals surface area (Å²) in [5.74, 6) is 1.00. The zero-order valence-electron chi connectivity index (χ0n) is 28.6. The van der Waals surface area contributed by atoms with Crippen molar-refractivity contribution in [3.05, 3.63) is 53.6 Å². The van der Waals surface area contributed by atoms with Crippen molar-refractivity contribution in [2.75, 3.05) is 13.7 Å². The Morgan fingerprint density at radius 1 is 1.04 bits per heavy atom. The summed E-state index contributed by atoms with van der Waals surface area (Å²) in [7, 11) is 0.890. The average Bonchev–Trinajstić information content (AvgIpc) is 3.70. The summed E-state index contributed by atoms with van der Waals surface area (Å²) < 4.78 is 23.8. The van der Waals surface area contributed by atoms with Crippen molar-refractivity contribution < 1.29 is 28.4 Å². The highest BCUT2D eigenvalue weighted by molar-refractivity contribution is 6.62. The Morgan fingerprint density at radius 2 is 1.79 bits per heavy atom. The summed E-state index contributed by atoms with van der Waals surface area (Å²) in [6, 6.07) is 14.2. The fraction of sp³-hybridized carbons (Fsp3) is 0.486. The highest BCUT2D eigenvalue weighted by Crippen LogP contribution is 2.44. The van der Waals surface area contributed by atoms with Gasteiger partial charge in [-0.3, -0.25) is 9.79 Å². The van der Waals surface area contributed by atoms with Gasteiger partial charge in [0.25, 0.3) is 0 Å². The third-order valence-corrected chi connectivity index (χ3v) is 10.7. The van der Waals surface area contributed by atoms with Crippen molar-refractivity contribution >= 4 is 46.8 Å². The number of amides is 2. The van der Waals surface area contributed by atoms with Gasteiger partial charge < -0.3 is 29.0 Å². The molecule has 10 heteroatoms. The molecule has 0 saturated carbocycles. The van der Waals surface area contributed by atoms with E-state index in [4.69, 9.17) is 23.8 Å². The van der Waals surface area contributed by atoms with Gasteiger partial charge in [0.2, 0.25) is 5.91 Å². The Kier molecular flexibility index (Phi) is 7.67. The van der Waals surface area contributed by atoms with Crippen LogP contribution in [0.4, 0.5) is 10.5 Å². The molecule has 3 aromatic carbocycles. The highest BCUT2D eigenvalue weighted by atomic mass is 16.7. The Labute approximate surface area is 277 Å². The van der Waals surface area contributed by atoms with Crippen molar-refractivity contribution in [1.29, 1.82) is 0 Å². The van der Waals surface area contributed by atoms with Crippen LogP contribution in [0.3, 0.4) is 0 Å². The maximum absolute atomic E-state index is 13.8. The van der Waals surface area contributed by atoms with Gasteiger partial charge in [-0.1, -0.05) is 45.0 Å². The molecule has 4 aliphatic heterocycles. The van der Waals surface area contributed by atoms with Gasteiger partial charge in [-0.05, 0) is 97.1 Å². The summed E-state index contributed by atoms with van der Waals surface area (Å²) in [5, 5.41) is 5.00. The molecule has 1 unspecified atom stereocenters. The number of rotatable bonds is 5. The van der Waals surface area contributed by atoms with Crippen LogP contribution in [0, 0.1) is 11.8 Å². The molecule has 2 fully saturated rings. The quantitative estimate of drug-likeness (QED) is 0.348. The molecule has 0 radical (unpaired) electrons. The molecule has 3 aromatic rings. The number of hydrogen-bond donors (Lipinski definition) is 1. The fourth-order valence-corrected chi connectivity index (χ4v) is 7.35. The molecule has 246 valence electrons. The minimum Gasteiger partial charge on any atom is -0.488 e. The van der Waals surface area contributed by atoms with Crippen LogP contribution in [0.1, 0.15) is 66.0 Å². The van der Waals surface area contributed by atoms with Gasteiger partial charge in [0.1, 0.15) is 18.4 Å². The summed E-state index contributed by atoms with van der Waals surface area (Å²) in [6.45, 7) is 15.4. The van der Waals surface area contributed by atoms with Crippen LogP contribution < -0.4 is 15.5 Å². The van der Waals surface area contributed by atoms with E-state index in [-0.39, 0.29) is 17.9 Å². The Balaban J connectivity index is 1.15. The molecule has 4 aliphatic rings. The molecule has 1 N–H and O–H groups in total. The van der Waals surface area contributed by atoms with Crippen molar-refractivity contribution in [2.24, 2.45) is 16.8 Å². The predicted octanol–water partition coefficient (Wildman–Crippen LogP) is 5.94. The second-order valence-corrected chi connectivity index (χ2v) is 14.9. The summed E-state index contributed by atoms with van der Waals surface area (Å²) in [5.41, 5.74) is 6.61. The molecule has 9 nitrogen and oxygen atoms in total. The van der Waals surface area contributed by atoms with Crippen LogP contribution in [0.25, 0.3) is 21.9 Å². The van der Waals surface area contributed by atoms with E-state index in [0.29, 0.717) is 25.5 Å². The van der Waals surface area contributed by atoms with Crippen LogP contribution >= 0.6 is 0 Å². The highest BCUT2D eigenvalue weighted by Gasteiger charge is 2.52. The topological polar surface area (TPSA) is 98.7 Å². The number of methoxy groups -OCH3 is 1. The monoisotopic (exact) mass is 637 g/mol. The van der Waals surface area contributed by atoms with Crippen molar-refractivity contribution in [3.8, 4) is 16.9 Å². The Bertz CT molecular complexity index is 1800. The Morgan fingerprint density at radius 3 is 2.49 bits per heavy atom. The minimum absolute atomic E-state index is 0.0867. The SMILES string of the molecule is COC(=O)N[C@H](C(=O)N1C[C@@H](C)CC1C1=Nc2ccc3cc4c(cc3c2C1)OCc1cc(B2OC(C)(C)C(C)(C)O2)ccc1-4)C(C)C. The second kappa shape index (κ2) is 11.4. The van der Waals surface area contributed by atoms with Crippen molar-refractivity contribution in [1.82, 2.24) is 10.2 Å². The normalized spacial score (nSPS) is 22.8. The first-order chi connectivity index (χ1) is 22.3. The summed E-state index contributed by atoms with van der Waals surface area (Å²) in [4.78, 5) is 32.9. The lowest BCUT2D eigenvalue weighted by molar-refractivity contribution is -0.134. The molecule has 2 saturated heterocycles. The number of hydrogen-bond acceptors (Lipinski definition) is 7.